The lowest BCUT2D eigenvalue weighted by Gasteiger charge is -2.21. The number of nitrogens with zero attached hydrogens (tertiary/aromatic N) is 1. The van der Waals surface area contributed by atoms with E-state index in [0.29, 0.717) is 17.4 Å². The summed E-state index contributed by atoms with van der Waals surface area (Å²) in [7, 11) is 1.28. The summed E-state index contributed by atoms with van der Waals surface area (Å²) < 4.78 is 17.0. The lowest BCUT2D eigenvalue weighted by molar-refractivity contribution is -0.149. The van der Waals surface area contributed by atoms with E-state index in [1.807, 2.05) is 6.92 Å². The molecule has 3 aromatic rings. The number of unbranched alkanes of at least 4 members (excludes halogenated alkanes) is 10. The Kier molecular flexibility index (Phi) is 16.3. The fraction of sp³-hybridized carbons (Fsp3) is 0.514. The van der Waals surface area contributed by atoms with Gasteiger partial charge in [0, 0.05) is 17.0 Å². The molecular formula is C37H49ClN2O8. The third-order valence-electron chi connectivity index (χ3n) is 8.21. The number of amides is 1. The Labute approximate surface area is 287 Å². The van der Waals surface area contributed by atoms with E-state index in [-0.39, 0.29) is 34.2 Å². The summed E-state index contributed by atoms with van der Waals surface area (Å²) >= 11 is 6.29. The quantitative estimate of drug-likeness (QED) is 0.0466. The monoisotopic (exact) mass is 684 g/mol. The molecule has 3 rings (SSSR count). The Balaban J connectivity index is 1.80. The van der Waals surface area contributed by atoms with Gasteiger partial charge in [0.15, 0.2) is 23.7 Å². The molecule has 2 unspecified atom stereocenters. The number of nitrogens with one attached hydrogen (secondary N) is 1. The molecule has 2 atom stereocenters. The third kappa shape index (κ3) is 11.3. The second-order valence-electron chi connectivity index (χ2n) is 12.0. The zero-order chi connectivity index (χ0) is 34.9. The van der Waals surface area contributed by atoms with E-state index in [4.69, 9.17) is 25.5 Å². The number of hydrogen-bond donors (Lipinski definition) is 2. The first kappa shape index (κ1) is 38.4. The van der Waals surface area contributed by atoms with Crippen molar-refractivity contribution < 1.29 is 33.4 Å². The molecule has 10 nitrogen and oxygen atoms in total. The van der Waals surface area contributed by atoms with E-state index in [0.717, 1.165) is 32.1 Å². The zero-order valence-electron chi connectivity index (χ0n) is 28.3. The fourth-order valence-electron chi connectivity index (χ4n) is 5.49. The molecule has 2 aromatic carbocycles. The molecule has 2 N–H and O–H groups in total. The first-order valence-electron chi connectivity index (χ1n) is 17.1. The van der Waals surface area contributed by atoms with Crippen LogP contribution in [-0.4, -0.2) is 40.5 Å². The second-order valence-corrected chi connectivity index (χ2v) is 12.4. The second kappa shape index (κ2) is 20.3. The Morgan fingerprint density at radius 3 is 2.15 bits per heavy atom. The Morgan fingerprint density at radius 2 is 1.52 bits per heavy atom. The summed E-state index contributed by atoms with van der Waals surface area (Å²) in [4.78, 5) is 53.4. The molecule has 48 heavy (non-hydrogen) atoms. The normalized spacial score (nSPS) is 12.3. The average Bonchev–Trinajstić information content (AvgIpc) is 3.36. The fourth-order valence-corrected chi connectivity index (χ4v) is 5.67. The number of anilines is 1. The molecule has 1 heterocycles. The predicted molar refractivity (Wildman–Crippen MR) is 186 cm³/mol. The average molecular weight is 685 g/mol. The summed E-state index contributed by atoms with van der Waals surface area (Å²) in [6, 6.07) is 10.6. The number of ketones is 1. The number of hydrogen-bond acceptors (Lipinski definition) is 8. The molecule has 0 fully saturated rings. The minimum Gasteiger partial charge on any atom is -0.492 e. The molecule has 0 aliphatic rings. The molecule has 1 amide bonds. The van der Waals surface area contributed by atoms with Crippen molar-refractivity contribution in [2.24, 2.45) is 0 Å². The topological polar surface area (TPSA) is 137 Å². The number of carbonyl (C=O) groups excluding carboxylic acids is 3. The van der Waals surface area contributed by atoms with Crippen molar-refractivity contribution in [1.82, 2.24) is 4.57 Å². The Bertz CT molecular complexity index is 1520. The molecule has 0 aliphatic carbocycles. The van der Waals surface area contributed by atoms with E-state index in [1.54, 1.807) is 24.3 Å². The van der Waals surface area contributed by atoms with Crippen molar-refractivity contribution in [3.05, 3.63) is 75.4 Å². The number of aryl methyl sites for hydroxylation is 1. The summed E-state index contributed by atoms with van der Waals surface area (Å²) in [5.41, 5.74) is 0.211. The van der Waals surface area contributed by atoms with Crippen LogP contribution in [0.2, 0.25) is 5.02 Å². The maximum absolute atomic E-state index is 13.9. The molecule has 0 saturated carbocycles. The van der Waals surface area contributed by atoms with Gasteiger partial charge in [-0.3, -0.25) is 9.59 Å². The molecule has 11 heteroatoms. The maximum atomic E-state index is 13.9. The number of rotatable bonds is 22. The number of methoxy groups -OCH3 is 1. The summed E-state index contributed by atoms with van der Waals surface area (Å²) in [6.45, 7) is 4.15. The number of benzene rings is 2. The summed E-state index contributed by atoms with van der Waals surface area (Å²) in [5.74, 6) is -3.79. The van der Waals surface area contributed by atoms with Crippen LogP contribution in [0.3, 0.4) is 0 Å². The molecule has 0 radical (unpaired) electrons. The van der Waals surface area contributed by atoms with Crippen molar-refractivity contribution in [3.63, 3.8) is 0 Å². The smallest absolute Gasteiger partial charge is 0.423 e. The van der Waals surface area contributed by atoms with E-state index in [2.05, 4.69) is 12.2 Å². The van der Waals surface area contributed by atoms with Gasteiger partial charge in [-0.15, -0.1) is 0 Å². The van der Waals surface area contributed by atoms with Crippen LogP contribution in [0.5, 0.6) is 11.6 Å². The molecule has 0 saturated heterocycles. The third-order valence-corrected chi connectivity index (χ3v) is 8.44. The molecule has 0 spiro atoms. The first-order chi connectivity index (χ1) is 23.2. The van der Waals surface area contributed by atoms with E-state index in [9.17, 15) is 24.3 Å². The van der Waals surface area contributed by atoms with Crippen molar-refractivity contribution in [2.45, 2.75) is 116 Å². The summed E-state index contributed by atoms with van der Waals surface area (Å²) in [5, 5.41) is 13.9. The van der Waals surface area contributed by atoms with Crippen LogP contribution in [0, 0.1) is 0 Å². The minimum absolute atomic E-state index is 0.0137. The molecular weight excluding hydrogens is 636 g/mol. The minimum atomic E-state index is -1.83. The number of carbonyl (C=O) groups is 3. The van der Waals surface area contributed by atoms with Crippen LogP contribution in [0.1, 0.15) is 119 Å². The Morgan fingerprint density at radius 1 is 0.896 bits per heavy atom. The lowest BCUT2D eigenvalue weighted by atomic mass is 10.0. The molecule has 0 aliphatic heterocycles. The van der Waals surface area contributed by atoms with E-state index >= 15 is 0 Å². The maximum Gasteiger partial charge on any atom is 0.423 e. The highest BCUT2D eigenvalue weighted by atomic mass is 35.5. The van der Waals surface area contributed by atoms with Crippen molar-refractivity contribution in [3.8, 4) is 11.6 Å². The van der Waals surface area contributed by atoms with Gasteiger partial charge in [-0.2, -0.15) is 0 Å². The standard InChI is InChI=1S/C37H49ClN2O8/c1-4-6-8-9-10-11-12-13-14-18-22-31(36(44)46-3)47-29-24-23-27(38)25-28(29)39-34(42)32(33(41)26-19-16-15-17-20-26)40-35(43)30(21-7-5-2)48-37(40)45/h15-17,19-20,23-25,31-32,43H,4-14,18,21-22H2,1-3H3,(H,39,42). The Hall–Kier alpha value is -4.05. The van der Waals surface area contributed by atoms with Gasteiger partial charge in [-0.25, -0.2) is 14.2 Å². The van der Waals surface area contributed by atoms with Gasteiger partial charge >= 0.3 is 11.7 Å². The van der Waals surface area contributed by atoms with Crippen molar-refractivity contribution >= 4 is 34.9 Å². The number of Topliss-reactive ketones (excluding diaryl/α,β-unsaturated/α-hetero) is 1. The molecule has 0 bridgehead atoms. The number of ether oxygens (including phenoxy) is 2. The van der Waals surface area contributed by atoms with Gasteiger partial charge in [0.2, 0.25) is 5.88 Å². The number of esters is 1. The number of halogens is 1. The van der Waals surface area contributed by atoms with Gasteiger partial charge in [0.1, 0.15) is 5.75 Å². The highest BCUT2D eigenvalue weighted by Gasteiger charge is 2.36. The van der Waals surface area contributed by atoms with E-state index in [1.165, 1.54) is 69.9 Å². The van der Waals surface area contributed by atoms with Crippen LogP contribution in [0.25, 0.3) is 0 Å². The lowest BCUT2D eigenvalue weighted by Crippen LogP contribution is -2.37. The predicted octanol–water partition coefficient (Wildman–Crippen LogP) is 8.44. The largest absolute Gasteiger partial charge is 0.492 e. The van der Waals surface area contributed by atoms with Crippen LogP contribution < -0.4 is 15.8 Å². The van der Waals surface area contributed by atoms with Crippen LogP contribution in [0.4, 0.5) is 5.69 Å². The highest BCUT2D eigenvalue weighted by Crippen LogP contribution is 2.32. The van der Waals surface area contributed by atoms with Gasteiger partial charge < -0.3 is 24.3 Å². The molecule has 262 valence electrons. The van der Waals surface area contributed by atoms with Crippen molar-refractivity contribution in [2.75, 3.05) is 12.4 Å². The van der Waals surface area contributed by atoms with Gasteiger partial charge in [0.25, 0.3) is 5.91 Å². The van der Waals surface area contributed by atoms with Crippen LogP contribution >= 0.6 is 11.6 Å². The number of aromatic hydroxyl groups is 1. The van der Waals surface area contributed by atoms with Gasteiger partial charge in [0.05, 0.1) is 12.8 Å². The summed E-state index contributed by atoms with van der Waals surface area (Å²) in [6.07, 6.45) is 12.5. The SMILES string of the molecule is CCCCCCCCCCCCC(Oc1ccc(Cl)cc1NC(=O)C(C(=O)c1ccccc1)n1c(O)c(CCCC)oc1=O)C(=O)OC. The number of oxazole rings is 1. The van der Waals surface area contributed by atoms with E-state index < -0.39 is 41.4 Å². The zero-order valence-corrected chi connectivity index (χ0v) is 29.1. The highest BCUT2D eigenvalue weighted by molar-refractivity contribution is 6.31. The number of aromatic nitrogens is 1. The van der Waals surface area contributed by atoms with Gasteiger partial charge in [-0.1, -0.05) is 120 Å². The first-order valence-corrected chi connectivity index (χ1v) is 17.5. The van der Waals surface area contributed by atoms with Crippen molar-refractivity contribution in [1.29, 1.82) is 0 Å². The van der Waals surface area contributed by atoms with Crippen LogP contribution in [-0.2, 0) is 20.7 Å². The molecule has 1 aromatic heterocycles. The van der Waals surface area contributed by atoms with Gasteiger partial charge in [-0.05, 0) is 37.5 Å². The van der Waals surface area contributed by atoms with Crippen LogP contribution in [0.15, 0.2) is 57.7 Å².